The van der Waals surface area contributed by atoms with E-state index in [-0.39, 0.29) is 11.8 Å². The van der Waals surface area contributed by atoms with Crippen molar-refractivity contribution in [1.29, 1.82) is 0 Å². The zero-order valence-corrected chi connectivity index (χ0v) is 14.7. The third-order valence-electron chi connectivity index (χ3n) is 3.72. The summed E-state index contributed by atoms with van der Waals surface area (Å²) in [4.78, 5) is 18.4. The summed E-state index contributed by atoms with van der Waals surface area (Å²) in [5, 5.41) is 7.01. The molecular weight excluding hydrogens is 306 g/mol. The van der Waals surface area contributed by atoms with Crippen LogP contribution in [0.2, 0.25) is 0 Å². The normalized spacial score (nSPS) is 12.2. The number of carbonyl (C=O) groups is 1. The van der Waals surface area contributed by atoms with E-state index in [2.05, 4.69) is 20.3 Å². The lowest BCUT2D eigenvalue weighted by Gasteiger charge is -2.12. The fourth-order valence-corrected chi connectivity index (χ4v) is 2.28. The van der Waals surface area contributed by atoms with Gasteiger partial charge in [0.25, 0.3) is 0 Å². The van der Waals surface area contributed by atoms with Gasteiger partial charge in [-0.15, -0.1) is 5.10 Å². The predicted octanol–water partition coefficient (Wildman–Crippen LogP) is 1.98. The highest BCUT2D eigenvalue weighted by molar-refractivity contribution is 5.89. The Balaban J connectivity index is 1.88. The SMILES string of the molecule is COc1cccc(C(C)CC(=O)Nc2ncn(CCN(C)C)n2)c1. The van der Waals surface area contributed by atoms with Gasteiger partial charge in [0.15, 0.2) is 0 Å². The standard InChI is InChI=1S/C17H25N5O2/c1-13(14-6-5-7-15(11-14)24-4)10-16(23)19-17-18-12-22(20-17)9-8-21(2)3/h5-7,11-13H,8-10H2,1-4H3,(H,19,20,23). The lowest BCUT2D eigenvalue weighted by molar-refractivity contribution is -0.116. The van der Waals surface area contributed by atoms with Gasteiger partial charge < -0.3 is 9.64 Å². The minimum Gasteiger partial charge on any atom is -0.497 e. The number of likely N-dealkylation sites (N-methyl/N-ethyl adjacent to an activating group) is 1. The zero-order valence-electron chi connectivity index (χ0n) is 14.7. The van der Waals surface area contributed by atoms with Crippen molar-refractivity contribution in [3.05, 3.63) is 36.2 Å². The van der Waals surface area contributed by atoms with Crippen LogP contribution < -0.4 is 10.1 Å². The number of nitrogens with one attached hydrogen (secondary N) is 1. The summed E-state index contributed by atoms with van der Waals surface area (Å²) in [6.45, 7) is 3.61. The monoisotopic (exact) mass is 331 g/mol. The molecule has 0 aliphatic rings. The van der Waals surface area contributed by atoms with Gasteiger partial charge >= 0.3 is 0 Å². The molecule has 7 nitrogen and oxygen atoms in total. The van der Waals surface area contributed by atoms with Crippen LogP contribution in [0, 0.1) is 0 Å². The third kappa shape index (κ3) is 5.34. The largest absolute Gasteiger partial charge is 0.497 e. The molecule has 1 atom stereocenters. The van der Waals surface area contributed by atoms with Crippen LogP contribution in [0.1, 0.15) is 24.8 Å². The summed E-state index contributed by atoms with van der Waals surface area (Å²) in [5.41, 5.74) is 1.06. The van der Waals surface area contributed by atoms with Crippen LogP contribution in [0.4, 0.5) is 5.95 Å². The minimum atomic E-state index is -0.101. The molecule has 2 aromatic rings. The Hall–Kier alpha value is -2.41. The number of rotatable bonds is 8. The quantitative estimate of drug-likeness (QED) is 0.801. The van der Waals surface area contributed by atoms with Gasteiger partial charge in [0.05, 0.1) is 13.7 Å². The molecule has 0 spiro atoms. The highest BCUT2D eigenvalue weighted by atomic mass is 16.5. The molecule has 1 aromatic heterocycles. The number of benzene rings is 1. The fraction of sp³-hybridized carbons (Fsp3) is 0.471. The number of aromatic nitrogens is 3. The number of hydrogen-bond acceptors (Lipinski definition) is 5. The van der Waals surface area contributed by atoms with Crippen molar-refractivity contribution in [2.24, 2.45) is 0 Å². The van der Waals surface area contributed by atoms with E-state index in [4.69, 9.17) is 4.74 Å². The predicted molar refractivity (Wildman–Crippen MR) is 93.2 cm³/mol. The first kappa shape index (κ1) is 17.9. The first-order valence-corrected chi connectivity index (χ1v) is 7.96. The first-order valence-electron chi connectivity index (χ1n) is 7.96. The number of nitrogens with zero attached hydrogens (tertiary/aromatic N) is 4. The highest BCUT2D eigenvalue weighted by Gasteiger charge is 2.13. The minimum absolute atomic E-state index is 0.0796. The van der Waals surface area contributed by atoms with Gasteiger partial charge in [0.2, 0.25) is 11.9 Å². The summed E-state index contributed by atoms with van der Waals surface area (Å²) >= 11 is 0. The molecule has 24 heavy (non-hydrogen) atoms. The number of anilines is 1. The number of methoxy groups -OCH3 is 1. The lowest BCUT2D eigenvalue weighted by Crippen LogP contribution is -2.19. The Labute approximate surface area is 142 Å². The van der Waals surface area contributed by atoms with Crippen molar-refractivity contribution in [1.82, 2.24) is 19.7 Å². The van der Waals surface area contributed by atoms with Gasteiger partial charge in [0.1, 0.15) is 12.1 Å². The molecule has 0 saturated carbocycles. The molecule has 1 amide bonds. The maximum absolute atomic E-state index is 12.2. The second-order valence-corrected chi connectivity index (χ2v) is 6.06. The van der Waals surface area contributed by atoms with E-state index < -0.39 is 0 Å². The third-order valence-corrected chi connectivity index (χ3v) is 3.72. The summed E-state index contributed by atoms with van der Waals surface area (Å²) in [5.74, 6) is 1.12. The molecule has 0 saturated heterocycles. The van der Waals surface area contributed by atoms with Gasteiger partial charge in [-0.25, -0.2) is 9.67 Å². The average molecular weight is 331 g/mol. The molecule has 0 fully saturated rings. The Kier molecular flexibility index (Phi) is 6.31. The van der Waals surface area contributed by atoms with Crippen LogP contribution in [0.5, 0.6) is 5.75 Å². The van der Waals surface area contributed by atoms with Crippen molar-refractivity contribution in [3.63, 3.8) is 0 Å². The molecule has 130 valence electrons. The van der Waals surface area contributed by atoms with Crippen molar-refractivity contribution < 1.29 is 9.53 Å². The summed E-state index contributed by atoms with van der Waals surface area (Å²) in [7, 11) is 5.63. The maximum atomic E-state index is 12.2. The Morgan fingerprint density at radius 1 is 1.42 bits per heavy atom. The van der Waals surface area contributed by atoms with Gasteiger partial charge in [-0.2, -0.15) is 0 Å². The molecule has 7 heteroatoms. The van der Waals surface area contributed by atoms with Crippen molar-refractivity contribution >= 4 is 11.9 Å². The van der Waals surface area contributed by atoms with E-state index in [0.29, 0.717) is 12.4 Å². The Morgan fingerprint density at radius 3 is 2.92 bits per heavy atom. The van der Waals surface area contributed by atoms with Crippen LogP contribution in [0.25, 0.3) is 0 Å². The van der Waals surface area contributed by atoms with E-state index in [9.17, 15) is 4.79 Å². The topological polar surface area (TPSA) is 72.3 Å². The van der Waals surface area contributed by atoms with Gasteiger partial charge in [-0.3, -0.25) is 10.1 Å². The van der Waals surface area contributed by atoms with Gasteiger partial charge in [-0.1, -0.05) is 19.1 Å². The van der Waals surface area contributed by atoms with Crippen molar-refractivity contribution in [3.8, 4) is 5.75 Å². The molecule has 1 heterocycles. The molecule has 0 aliphatic carbocycles. The van der Waals surface area contributed by atoms with Crippen LogP contribution in [0.3, 0.4) is 0 Å². The summed E-state index contributed by atoms with van der Waals surface area (Å²) in [6.07, 6.45) is 1.99. The number of carbonyl (C=O) groups excluding carboxylic acids is 1. The second kappa shape index (κ2) is 8.44. The summed E-state index contributed by atoms with van der Waals surface area (Å²) in [6, 6.07) is 7.76. The number of hydrogen-bond donors (Lipinski definition) is 1. The molecule has 0 aliphatic heterocycles. The smallest absolute Gasteiger partial charge is 0.248 e. The van der Waals surface area contributed by atoms with Crippen LogP contribution in [0.15, 0.2) is 30.6 Å². The Bertz CT molecular complexity index is 669. The van der Waals surface area contributed by atoms with E-state index in [1.165, 1.54) is 0 Å². The lowest BCUT2D eigenvalue weighted by atomic mass is 9.97. The first-order chi connectivity index (χ1) is 11.5. The molecule has 0 bridgehead atoms. The maximum Gasteiger partial charge on any atom is 0.248 e. The second-order valence-electron chi connectivity index (χ2n) is 6.06. The van der Waals surface area contributed by atoms with E-state index >= 15 is 0 Å². The van der Waals surface area contributed by atoms with E-state index in [1.54, 1.807) is 18.1 Å². The zero-order chi connectivity index (χ0) is 17.5. The molecule has 1 aromatic carbocycles. The molecule has 2 rings (SSSR count). The number of ether oxygens (including phenoxy) is 1. The van der Waals surface area contributed by atoms with Crippen LogP contribution >= 0.6 is 0 Å². The van der Waals surface area contributed by atoms with Crippen LogP contribution in [-0.2, 0) is 11.3 Å². The summed E-state index contributed by atoms with van der Waals surface area (Å²) < 4.78 is 6.94. The van der Waals surface area contributed by atoms with E-state index in [1.807, 2.05) is 45.3 Å². The number of amides is 1. The fourth-order valence-electron chi connectivity index (χ4n) is 2.28. The van der Waals surface area contributed by atoms with Gasteiger partial charge in [0, 0.05) is 13.0 Å². The Morgan fingerprint density at radius 2 is 2.21 bits per heavy atom. The van der Waals surface area contributed by atoms with Crippen molar-refractivity contribution in [2.75, 3.05) is 33.1 Å². The molecular formula is C17H25N5O2. The average Bonchev–Trinajstić information content (AvgIpc) is 3.00. The molecule has 1 unspecified atom stereocenters. The van der Waals surface area contributed by atoms with Crippen LogP contribution in [-0.4, -0.2) is 53.3 Å². The highest BCUT2D eigenvalue weighted by Crippen LogP contribution is 2.23. The molecule has 0 radical (unpaired) electrons. The van der Waals surface area contributed by atoms with Crippen molar-refractivity contribution in [2.45, 2.75) is 25.8 Å². The van der Waals surface area contributed by atoms with Gasteiger partial charge in [-0.05, 0) is 37.7 Å². The van der Waals surface area contributed by atoms with E-state index in [0.717, 1.165) is 24.4 Å². The molecule has 1 N–H and O–H groups in total.